The lowest BCUT2D eigenvalue weighted by molar-refractivity contribution is 0.0215. The first-order valence-electron chi connectivity index (χ1n) is 8.71. The van der Waals surface area contributed by atoms with E-state index in [2.05, 4.69) is 29.2 Å². The second kappa shape index (κ2) is 6.70. The molecule has 0 amide bonds. The maximum atomic E-state index is 10.5. The van der Waals surface area contributed by atoms with E-state index in [0.29, 0.717) is 12.5 Å². The second-order valence-corrected chi connectivity index (χ2v) is 6.69. The van der Waals surface area contributed by atoms with Gasteiger partial charge in [-0.3, -0.25) is 0 Å². The van der Waals surface area contributed by atoms with Gasteiger partial charge in [-0.2, -0.15) is 0 Å². The van der Waals surface area contributed by atoms with E-state index in [0.717, 1.165) is 48.5 Å². The van der Waals surface area contributed by atoms with E-state index in [1.54, 1.807) is 0 Å². The predicted octanol–water partition coefficient (Wildman–Crippen LogP) is 3.69. The summed E-state index contributed by atoms with van der Waals surface area (Å²) in [6.45, 7) is 2.70. The molecule has 24 heavy (non-hydrogen) atoms. The van der Waals surface area contributed by atoms with Gasteiger partial charge in [0.25, 0.3) is 0 Å². The Hall–Kier alpha value is -2.26. The summed E-state index contributed by atoms with van der Waals surface area (Å²) in [6.07, 6.45) is 4.02. The van der Waals surface area contributed by atoms with Gasteiger partial charge in [-0.25, -0.2) is 0 Å². The smallest absolute Gasteiger partial charge is 0.120 e. The van der Waals surface area contributed by atoms with Gasteiger partial charge in [0.15, 0.2) is 0 Å². The molecule has 124 valence electrons. The standard InChI is InChI=1S/C21H23NO2/c23-21-18-9-11-22(12-10-18)20(21)14-17-7-4-8-19(13-17)24-15-16-5-2-1-3-6-16/h1-8,13-14,18,21,23H,9-12,15H2/b20-14-. The summed E-state index contributed by atoms with van der Waals surface area (Å²) < 4.78 is 5.91. The molecule has 0 aromatic heterocycles. The SMILES string of the molecule is OC1/C(=C/c2cccc(OCc3ccccc3)c2)N2CCC1CC2. The predicted molar refractivity (Wildman–Crippen MR) is 95.5 cm³/mol. The summed E-state index contributed by atoms with van der Waals surface area (Å²) >= 11 is 0. The van der Waals surface area contributed by atoms with E-state index >= 15 is 0 Å². The molecular formula is C21H23NO2. The van der Waals surface area contributed by atoms with Gasteiger partial charge in [-0.15, -0.1) is 0 Å². The molecular weight excluding hydrogens is 298 g/mol. The van der Waals surface area contributed by atoms with Crippen LogP contribution in [0.3, 0.4) is 0 Å². The zero-order chi connectivity index (χ0) is 16.4. The van der Waals surface area contributed by atoms with Crippen LogP contribution in [-0.4, -0.2) is 29.2 Å². The molecule has 3 saturated heterocycles. The van der Waals surface area contributed by atoms with Gasteiger partial charge in [-0.05, 0) is 48.1 Å². The summed E-state index contributed by atoms with van der Waals surface area (Å²) in [6, 6.07) is 18.3. The minimum atomic E-state index is -0.318. The first-order valence-corrected chi connectivity index (χ1v) is 8.71. The molecule has 5 rings (SSSR count). The normalized spacial score (nSPS) is 24.4. The Morgan fingerprint density at radius 2 is 1.83 bits per heavy atom. The molecule has 0 aliphatic carbocycles. The molecule has 3 heterocycles. The molecule has 2 aromatic rings. The average molecular weight is 321 g/mol. The molecule has 1 atom stereocenters. The van der Waals surface area contributed by atoms with Crippen molar-refractivity contribution in [2.75, 3.05) is 13.1 Å². The van der Waals surface area contributed by atoms with Crippen LogP contribution in [0.5, 0.6) is 5.75 Å². The fourth-order valence-electron chi connectivity index (χ4n) is 3.68. The molecule has 3 fully saturated rings. The van der Waals surface area contributed by atoms with E-state index in [-0.39, 0.29) is 6.10 Å². The minimum Gasteiger partial charge on any atom is -0.489 e. The van der Waals surface area contributed by atoms with Crippen molar-refractivity contribution in [3.8, 4) is 5.75 Å². The number of ether oxygens (including phenoxy) is 1. The molecule has 1 unspecified atom stereocenters. The number of aliphatic hydroxyl groups excluding tert-OH is 1. The lowest BCUT2D eigenvalue weighted by Crippen LogP contribution is -2.48. The van der Waals surface area contributed by atoms with E-state index in [4.69, 9.17) is 4.74 Å². The number of hydrogen-bond acceptors (Lipinski definition) is 3. The highest BCUT2D eigenvalue weighted by atomic mass is 16.5. The molecule has 2 bridgehead atoms. The molecule has 2 aromatic carbocycles. The number of benzene rings is 2. The van der Waals surface area contributed by atoms with Crippen molar-refractivity contribution >= 4 is 6.08 Å². The van der Waals surface area contributed by atoms with Crippen LogP contribution in [0.2, 0.25) is 0 Å². The number of hydrogen-bond donors (Lipinski definition) is 1. The monoisotopic (exact) mass is 321 g/mol. The molecule has 0 saturated carbocycles. The molecule has 1 N–H and O–H groups in total. The van der Waals surface area contributed by atoms with Crippen LogP contribution in [0, 0.1) is 5.92 Å². The Balaban J connectivity index is 1.49. The minimum absolute atomic E-state index is 0.318. The Morgan fingerprint density at radius 1 is 1.04 bits per heavy atom. The highest BCUT2D eigenvalue weighted by Gasteiger charge is 2.36. The van der Waals surface area contributed by atoms with Crippen molar-refractivity contribution in [2.24, 2.45) is 5.92 Å². The quantitative estimate of drug-likeness (QED) is 0.932. The number of nitrogens with zero attached hydrogens (tertiary/aromatic N) is 1. The Bertz CT molecular complexity index is 714. The number of fused-ring (bicyclic) bond motifs is 3. The van der Waals surface area contributed by atoms with E-state index in [1.165, 1.54) is 0 Å². The van der Waals surface area contributed by atoms with Crippen LogP contribution in [-0.2, 0) is 6.61 Å². The van der Waals surface area contributed by atoms with Gasteiger partial charge in [0.05, 0.1) is 6.10 Å². The summed E-state index contributed by atoms with van der Waals surface area (Å²) in [5.74, 6) is 1.29. The highest BCUT2D eigenvalue weighted by molar-refractivity contribution is 5.56. The third-order valence-corrected chi connectivity index (χ3v) is 5.08. The first-order chi connectivity index (χ1) is 11.8. The van der Waals surface area contributed by atoms with Crippen LogP contribution in [0.25, 0.3) is 6.08 Å². The van der Waals surface area contributed by atoms with Crippen molar-refractivity contribution in [1.29, 1.82) is 0 Å². The van der Waals surface area contributed by atoms with Gasteiger partial charge < -0.3 is 14.7 Å². The Labute approximate surface area is 143 Å². The number of aliphatic hydroxyl groups is 1. The Kier molecular flexibility index (Phi) is 4.26. The second-order valence-electron chi connectivity index (χ2n) is 6.69. The third-order valence-electron chi connectivity index (χ3n) is 5.08. The molecule has 3 aliphatic rings. The van der Waals surface area contributed by atoms with Crippen molar-refractivity contribution in [1.82, 2.24) is 4.90 Å². The van der Waals surface area contributed by atoms with Gasteiger partial charge in [0, 0.05) is 18.8 Å². The van der Waals surface area contributed by atoms with Gasteiger partial charge in [-0.1, -0.05) is 42.5 Å². The van der Waals surface area contributed by atoms with Crippen LogP contribution in [0.4, 0.5) is 0 Å². The van der Waals surface area contributed by atoms with Crippen molar-refractivity contribution in [3.63, 3.8) is 0 Å². The lowest BCUT2D eigenvalue weighted by atomic mass is 9.83. The lowest BCUT2D eigenvalue weighted by Gasteiger charge is -2.45. The maximum absolute atomic E-state index is 10.5. The summed E-state index contributed by atoms with van der Waals surface area (Å²) in [5, 5.41) is 10.5. The zero-order valence-corrected chi connectivity index (χ0v) is 13.8. The number of rotatable bonds is 4. The molecule has 3 nitrogen and oxygen atoms in total. The zero-order valence-electron chi connectivity index (χ0n) is 13.8. The van der Waals surface area contributed by atoms with E-state index in [1.807, 2.05) is 36.4 Å². The Morgan fingerprint density at radius 3 is 2.58 bits per heavy atom. The van der Waals surface area contributed by atoms with Crippen molar-refractivity contribution in [3.05, 3.63) is 71.4 Å². The molecule has 0 spiro atoms. The van der Waals surface area contributed by atoms with Crippen molar-refractivity contribution < 1.29 is 9.84 Å². The van der Waals surface area contributed by atoms with Gasteiger partial charge >= 0.3 is 0 Å². The van der Waals surface area contributed by atoms with Crippen LogP contribution in [0.15, 0.2) is 60.3 Å². The fraction of sp³-hybridized carbons (Fsp3) is 0.333. The van der Waals surface area contributed by atoms with E-state index < -0.39 is 0 Å². The maximum Gasteiger partial charge on any atom is 0.120 e. The summed E-state index contributed by atoms with van der Waals surface area (Å²) in [7, 11) is 0. The third kappa shape index (κ3) is 3.17. The molecule has 0 radical (unpaired) electrons. The summed E-state index contributed by atoms with van der Waals surface area (Å²) in [5.41, 5.74) is 3.31. The van der Waals surface area contributed by atoms with Crippen molar-refractivity contribution in [2.45, 2.75) is 25.6 Å². The van der Waals surface area contributed by atoms with Crippen LogP contribution in [0.1, 0.15) is 24.0 Å². The van der Waals surface area contributed by atoms with Crippen LogP contribution >= 0.6 is 0 Å². The van der Waals surface area contributed by atoms with Gasteiger partial charge in [0.2, 0.25) is 0 Å². The largest absolute Gasteiger partial charge is 0.489 e. The van der Waals surface area contributed by atoms with E-state index in [9.17, 15) is 5.11 Å². The topological polar surface area (TPSA) is 32.7 Å². The average Bonchev–Trinajstić information content (AvgIpc) is 2.65. The molecule has 3 aliphatic heterocycles. The number of piperidine rings is 3. The first kappa shape index (κ1) is 15.3. The van der Waals surface area contributed by atoms with Gasteiger partial charge in [0.1, 0.15) is 12.4 Å². The highest BCUT2D eigenvalue weighted by Crippen LogP contribution is 2.35. The molecule has 3 heteroatoms. The van der Waals surface area contributed by atoms with Crippen LogP contribution < -0.4 is 4.74 Å². The summed E-state index contributed by atoms with van der Waals surface area (Å²) in [4.78, 5) is 2.32. The fourth-order valence-corrected chi connectivity index (χ4v) is 3.68.